The molecule has 0 N–H and O–H groups in total. The molecule has 1 aliphatic rings. The fourth-order valence-electron chi connectivity index (χ4n) is 2.61. The molecular weight excluding hydrogens is 278 g/mol. The van der Waals surface area contributed by atoms with Gasteiger partial charge in [-0.25, -0.2) is 0 Å². The molecule has 4 heteroatoms. The fourth-order valence-corrected chi connectivity index (χ4v) is 3.02. The summed E-state index contributed by atoms with van der Waals surface area (Å²) >= 11 is 3.67. The van der Waals surface area contributed by atoms with Crippen molar-refractivity contribution < 1.29 is 0 Å². The Kier molecular flexibility index (Phi) is 3.93. The van der Waals surface area contributed by atoms with E-state index in [4.69, 9.17) is 0 Å². The van der Waals surface area contributed by atoms with Gasteiger partial charge in [-0.2, -0.15) is 5.10 Å². The summed E-state index contributed by atoms with van der Waals surface area (Å²) in [5.41, 5.74) is 2.42. The molecule has 2 heterocycles. The molecule has 0 amide bonds. The first-order valence-corrected chi connectivity index (χ1v) is 7.26. The lowest BCUT2D eigenvalue weighted by Gasteiger charge is -2.16. The highest BCUT2D eigenvalue weighted by Gasteiger charge is 2.27. The zero-order valence-electron chi connectivity index (χ0n) is 11.2. The molecule has 0 bridgehead atoms. The van der Waals surface area contributed by atoms with Crippen molar-refractivity contribution in [3.63, 3.8) is 0 Å². The number of halogens is 1. The largest absolute Gasteiger partial charge is 0.297 e. The van der Waals surface area contributed by atoms with Crippen LogP contribution in [0, 0.1) is 18.8 Å². The number of aryl methyl sites for hydroxylation is 2. The highest BCUT2D eigenvalue weighted by atomic mass is 79.9. The maximum atomic E-state index is 4.55. The topological polar surface area (TPSA) is 21.1 Å². The predicted molar refractivity (Wildman–Crippen MR) is 73.9 cm³/mol. The number of hydrogen-bond acceptors (Lipinski definition) is 2. The molecular formula is C13H22BrN3. The molecule has 0 aliphatic carbocycles. The minimum Gasteiger partial charge on any atom is -0.297 e. The number of nitrogens with zero attached hydrogens (tertiary/aromatic N) is 3. The van der Waals surface area contributed by atoms with Crippen LogP contribution in [0.4, 0.5) is 0 Å². The third kappa shape index (κ3) is 2.58. The van der Waals surface area contributed by atoms with Gasteiger partial charge in [-0.3, -0.25) is 9.58 Å². The predicted octanol–water partition coefficient (Wildman–Crippen LogP) is 3.06. The van der Waals surface area contributed by atoms with E-state index < -0.39 is 0 Å². The Morgan fingerprint density at radius 3 is 2.41 bits per heavy atom. The molecule has 17 heavy (non-hydrogen) atoms. The van der Waals surface area contributed by atoms with Crippen molar-refractivity contribution in [2.75, 3.05) is 13.1 Å². The molecule has 3 nitrogen and oxygen atoms in total. The Hall–Kier alpha value is -0.350. The molecule has 2 rings (SSSR count). The van der Waals surface area contributed by atoms with Crippen molar-refractivity contribution in [2.45, 2.75) is 40.8 Å². The van der Waals surface area contributed by atoms with Gasteiger partial charge < -0.3 is 0 Å². The van der Waals surface area contributed by atoms with Gasteiger partial charge in [0.2, 0.25) is 0 Å². The van der Waals surface area contributed by atoms with Crippen LogP contribution in [0.2, 0.25) is 0 Å². The normalized spacial score (nSPS) is 25.7. The Morgan fingerprint density at radius 1 is 1.29 bits per heavy atom. The lowest BCUT2D eigenvalue weighted by molar-refractivity contribution is 0.304. The van der Waals surface area contributed by atoms with Gasteiger partial charge in [0.25, 0.3) is 0 Å². The summed E-state index contributed by atoms with van der Waals surface area (Å²) < 4.78 is 3.30. The summed E-state index contributed by atoms with van der Waals surface area (Å²) in [6.45, 7) is 13.3. The Balaban J connectivity index is 2.13. The van der Waals surface area contributed by atoms with Crippen molar-refractivity contribution in [3.05, 3.63) is 15.9 Å². The summed E-state index contributed by atoms with van der Waals surface area (Å²) in [7, 11) is 0. The van der Waals surface area contributed by atoms with Crippen LogP contribution in [-0.4, -0.2) is 27.8 Å². The zero-order chi connectivity index (χ0) is 12.6. The number of hydrogen-bond donors (Lipinski definition) is 0. The molecule has 0 saturated carbocycles. The fraction of sp³-hybridized carbons (Fsp3) is 0.769. The van der Waals surface area contributed by atoms with Gasteiger partial charge in [0, 0.05) is 26.2 Å². The summed E-state index contributed by atoms with van der Waals surface area (Å²) in [5.74, 6) is 1.63. The van der Waals surface area contributed by atoms with E-state index in [9.17, 15) is 0 Å². The summed E-state index contributed by atoms with van der Waals surface area (Å²) in [6, 6.07) is 0. The van der Waals surface area contributed by atoms with E-state index in [2.05, 4.69) is 58.3 Å². The molecule has 1 aromatic heterocycles. The van der Waals surface area contributed by atoms with E-state index >= 15 is 0 Å². The van der Waals surface area contributed by atoms with Gasteiger partial charge in [0.15, 0.2) is 0 Å². The van der Waals surface area contributed by atoms with Gasteiger partial charge in [0.05, 0.1) is 15.9 Å². The Morgan fingerprint density at radius 2 is 1.88 bits per heavy atom. The van der Waals surface area contributed by atoms with Crippen LogP contribution in [0.25, 0.3) is 0 Å². The zero-order valence-corrected chi connectivity index (χ0v) is 12.8. The molecule has 1 aromatic rings. The number of rotatable bonds is 3. The van der Waals surface area contributed by atoms with Crippen molar-refractivity contribution in [1.29, 1.82) is 0 Å². The molecule has 0 spiro atoms. The maximum absolute atomic E-state index is 4.55. The van der Waals surface area contributed by atoms with Crippen LogP contribution in [0.1, 0.15) is 32.2 Å². The second-order valence-corrected chi connectivity index (χ2v) is 6.10. The first-order chi connectivity index (χ1) is 8.02. The summed E-state index contributed by atoms with van der Waals surface area (Å²) in [5, 5.41) is 4.55. The van der Waals surface area contributed by atoms with Gasteiger partial charge in [-0.1, -0.05) is 13.8 Å². The summed E-state index contributed by atoms with van der Waals surface area (Å²) in [4.78, 5) is 2.54. The molecule has 1 fully saturated rings. The third-order valence-electron chi connectivity index (χ3n) is 3.89. The second kappa shape index (κ2) is 5.11. The van der Waals surface area contributed by atoms with Crippen LogP contribution < -0.4 is 0 Å². The lowest BCUT2D eigenvalue weighted by Crippen LogP contribution is -2.22. The minimum absolute atomic E-state index is 0.813. The molecule has 1 aliphatic heterocycles. The lowest BCUT2D eigenvalue weighted by atomic mass is 10.0. The van der Waals surface area contributed by atoms with Crippen LogP contribution in [0.15, 0.2) is 4.47 Å². The summed E-state index contributed by atoms with van der Waals surface area (Å²) in [6.07, 6.45) is 0. The quantitative estimate of drug-likeness (QED) is 0.855. The number of aromatic nitrogens is 2. The van der Waals surface area contributed by atoms with Crippen molar-refractivity contribution >= 4 is 15.9 Å². The van der Waals surface area contributed by atoms with Crippen LogP contribution in [0.5, 0.6) is 0 Å². The van der Waals surface area contributed by atoms with E-state index in [-0.39, 0.29) is 0 Å². The first kappa shape index (κ1) is 13.1. The van der Waals surface area contributed by atoms with Gasteiger partial charge in [-0.05, 0) is 41.6 Å². The third-order valence-corrected chi connectivity index (χ3v) is 4.92. The van der Waals surface area contributed by atoms with E-state index in [1.165, 1.54) is 23.3 Å². The smallest absolute Gasteiger partial charge is 0.0739 e. The van der Waals surface area contributed by atoms with Crippen molar-refractivity contribution in [3.8, 4) is 0 Å². The Bertz CT molecular complexity index is 390. The minimum atomic E-state index is 0.813. The van der Waals surface area contributed by atoms with Gasteiger partial charge in [0.1, 0.15) is 0 Å². The monoisotopic (exact) mass is 299 g/mol. The molecule has 2 unspecified atom stereocenters. The van der Waals surface area contributed by atoms with E-state index in [1.807, 2.05) is 0 Å². The molecule has 0 aromatic carbocycles. The first-order valence-electron chi connectivity index (χ1n) is 6.47. The highest BCUT2D eigenvalue weighted by Crippen LogP contribution is 2.27. The maximum Gasteiger partial charge on any atom is 0.0739 e. The van der Waals surface area contributed by atoms with Crippen LogP contribution in [0.3, 0.4) is 0 Å². The highest BCUT2D eigenvalue weighted by molar-refractivity contribution is 9.10. The SMILES string of the molecule is CCn1nc(C)c(Br)c1CN1CC(C)C(C)C1. The Labute approximate surface area is 112 Å². The number of likely N-dealkylation sites (tertiary alicyclic amines) is 1. The molecule has 1 saturated heterocycles. The van der Waals surface area contributed by atoms with Crippen LogP contribution in [-0.2, 0) is 13.1 Å². The molecule has 0 radical (unpaired) electrons. The van der Waals surface area contributed by atoms with Gasteiger partial charge >= 0.3 is 0 Å². The van der Waals surface area contributed by atoms with E-state index in [1.54, 1.807) is 0 Å². The second-order valence-electron chi connectivity index (χ2n) is 5.31. The molecule has 96 valence electrons. The van der Waals surface area contributed by atoms with Crippen LogP contribution >= 0.6 is 15.9 Å². The van der Waals surface area contributed by atoms with Gasteiger partial charge in [-0.15, -0.1) is 0 Å². The van der Waals surface area contributed by atoms with E-state index in [0.29, 0.717) is 0 Å². The standard InChI is InChI=1S/C13H22BrN3/c1-5-17-12(13(14)11(4)15-17)8-16-6-9(2)10(3)7-16/h9-10H,5-8H2,1-4H3. The average Bonchev–Trinajstić information content (AvgIpc) is 2.74. The van der Waals surface area contributed by atoms with E-state index in [0.717, 1.165) is 30.6 Å². The van der Waals surface area contributed by atoms with Crippen molar-refractivity contribution in [1.82, 2.24) is 14.7 Å². The van der Waals surface area contributed by atoms with Crippen molar-refractivity contribution in [2.24, 2.45) is 11.8 Å². The molecule has 2 atom stereocenters. The average molecular weight is 300 g/mol.